The molecule has 1 N–H and O–H groups in total. The molecule has 0 saturated carbocycles. The number of nitrogens with one attached hydrogen (secondary N) is 1. The quantitative estimate of drug-likeness (QED) is 0.444. The normalized spacial score (nSPS) is 10.9. The van der Waals surface area contributed by atoms with E-state index >= 15 is 0 Å². The molecule has 4 rings (SSSR count). The lowest BCUT2D eigenvalue weighted by molar-refractivity contribution is -0.389. The van der Waals surface area contributed by atoms with Crippen LogP contribution in [0.25, 0.3) is 11.5 Å². The molecule has 9 heteroatoms. The molecule has 0 bridgehead atoms. The summed E-state index contributed by atoms with van der Waals surface area (Å²) < 4.78 is 3.10. The van der Waals surface area contributed by atoms with E-state index in [1.54, 1.807) is 47.7 Å². The van der Waals surface area contributed by atoms with Gasteiger partial charge in [-0.2, -0.15) is 14.5 Å². The lowest BCUT2D eigenvalue weighted by Crippen LogP contribution is -2.04. The molecular formula is C16H13N7O2. The van der Waals surface area contributed by atoms with Crippen molar-refractivity contribution in [1.82, 2.24) is 24.1 Å². The predicted octanol–water partition coefficient (Wildman–Crippen LogP) is 2.44. The second-order valence-corrected chi connectivity index (χ2v) is 5.30. The van der Waals surface area contributed by atoms with Crippen molar-refractivity contribution in [1.29, 1.82) is 0 Å². The zero-order valence-corrected chi connectivity index (χ0v) is 13.0. The van der Waals surface area contributed by atoms with Gasteiger partial charge in [0.25, 0.3) is 0 Å². The molecule has 0 aliphatic rings. The maximum absolute atomic E-state index is 11.4. The summed E-state index contributed by atoms with van der Waals surface area (Å²) in [4.78, 5) is 19.5. The number of fused-ring (bicyclic) bond motifs is 1. The van der Waals surface area contributed by atoms with Crippen LogP contribution in [0.2, 0.25) is 0 Å². The van der Waals surface area contributed by atoms with Crippen molar-refractivity contribution in [3.05, 3.63) is 76.9 Å². The summed E-state index contributed by atoms with van der Waals surface area (Å²) in [6.45, 7) is 0.372. The predicted molar refractivity (Wildman–Crippen MR) is 90.5 cm³/mol. The fourth-order valence-corrected chi connectivity index (χ4v) is 2.52. The minimum absolute atomic E-state index is 0.0864. The van der Waals surface area contributed by atoms with Gasteiger partial charge in [0.2, 0.25) is 11.5 Å². The Hall–Kier alpha value is -3.75. The Morgan fingerprint density at radius 3 is 2.80 bits per heavy atom. The van der Waals surface area contributed by atoms with E-state index in [4.69, 9.17) is 0 Å². The van der Waals surface area contributed by atoms with Gasteiger partial charge in [0.15, 0.2) is 5.82 Å². The highest BCUT2D eigenvalue weighted by atomic mass is 16.6. The molecule has 0 unspecified atom stereocenters. The van der Waals surface area contributed by atoms with Gasteiger partial charge in [-0.25, -0.2) is 9.67 Å². The highest BCUT2D eigenvalue weighted by Crippen LogP contribution is 2.25. The summed E-state index contributed by atoms with van der Waals surface area (Å²) in [6, 6.07) is 10.8. The number of anilines is 1. The van der Waals surface area contributed by atoms with Crippen LogP contribution < -0.4 is 5.32 Å². The van der Waals surface area contributed by atoms with Gasteiger partial charge in [0, 0.05) is 31.2 Å². The van der Waals surface area contributed by atoms with Gasteiger partial charge in [0.1, 0.15) is 0 Å². The third-order valence-corrected chi connectivity index (χ3v) is 3.69. The van der Waals surface area contributed by atoms with Crippen LogP contribution in [0.1, 0.15) is 5.56 Å². The van der Waals surface area contributed by atoms with E-state index < -0.39 is 4.92 Å². The molecule has 0 atom stereocenters. The Balaban J connectivity index is 1.56. The van der Waals surface area contributed by atoms with Crippen LogP contribution in [0.15, 0.2) is 61.2 Å². The fourth-order valence-electron chi connectivity index (χ4n) is 2.52. The molecule has 124 valence electrons. The minimum Gasteiger partial charge on any atom is -0.359 e. The largest absolute Gasteiger partial charge is 0.372 e. The van der Waals surface area contributed by atoms with Crippen molar-refractivity contribution in [2.45, 2.75) is 6.54 Å². The van der Waals surface area contributed by atoms with Crippen molar-refractivity contribution >= 4 is 17.3 Å². The van der Waals surface area contributed by atoms with E-state index in [2.05, 4.69) is 20.4 Å². The maximum Gasteiger partial charge on any atom is 0.372 e. The van der Waals surface area contributed by atoms with Crippen LogP contribution in [-0.4, -0.2) is 29.1 Å². The van der Waals surface area contributed by atoms with Gasteiger partial charge in [-0.3, -0.25) is 0 Å². The standard InChI is InChI=1S/C16H13N7O2/c24-23(25)16-15(20-14-4-1-2-8-21(14)16)18-11-12-5-6-13(17-10-12)22-9-3-7-19-22/h1-10,18H,11H2. The topological polar surface area (TPSA) is 103 Å². The van der Waals surface area contributed by atoms with Gasteiger partial charge in [-0.1, -0.05) is 12.1 Å². The van der Waals surface area contributed by atoms with E-state index in [9.17, 15) is 10.1 Å². The Bertz CT molecular complexity index is 1020. The van der Waals surface area contributed by atoms with Crippen molar-refractivity contribution in [3.8, 4) is 5.82 Å². The Morgan fingerprint density at radius 1 is 1.16 bits per heavy atom. The third-order valence-electron chi connectivity index (χ3n) is 3.69. The number of hydrogen-bond acceptors (Lipinski definition) is 6. The number of pyridine rings is 2. The van der Waals surface area contributed by atoms with Gasteiger partial charge in [-0.05, 0) is 28.7 Å². The highest BCUT2D eigenvalue weighted by molar-refractivity contribution is 5.62. The van der Waals surface area contributed by atoms with E-state index in [-0.39, 0.29) is 11.6 Å². The summed E-state index contributed by atoms with van der Waals surface area (Å²) in [7, 11) is 0. The Kier molecular flexibility index (Phi) is 3.58. The van der Waals surface area contributed by atoms with Crippen LogP contribution in [0.4, 0.5) is 11.6 Å². The van der Waals surface area contributed by atoms with Crippen molar-refractivity contribution in [3.63, 3.8) is 0 Å². The van der Waals surface area contributed by atoms with Gasteiger partial charge in [-0.15, -0.1) is 0 Å². The average molecular weight is 335 g/mol. The maximum atomic E-state index is 11.4. The van der Waals surface area contributed by atoms with Crippen LogP contribution >= 0.6 is 0 Å². The number of rotatable bonds is 5. The molecule has 0 aliphatic heterocycles. The first-order valence-electron chi connectivity index (χ1n) is 7.52. The molecule has 9 nitrogen and oxygen atoms in total. The Labute approximate surface area is 141 Å². The molecule has 0 fully saturated rings. The zero-order valence-electron chi connectivity index (χ0n) is 13.0. The fraction of sp³-hybridized carbons (Fsp3) is 0.0625. The monoisotopic (exact) mass is 335 g/mol. The molecule has 4 aromatic rings. The van der Waals surface area contributed by atoms with Crippen molar-refractivity contribution in [2.24, 2.45) is 0 Å². The van der Waals surface area contributed by atoms with E-state index in [0.717, 1.165) is 5.56 Å². The van der Waals surface area contributed by atoms with Crippen molar-refractivity contribution in [2.75, 3.05) is 5.32 Å². The third kappa shape index (κ3) is 2.78. The second-order valence-electron chi connectivity index (χ2n) is 5.30. The van der Waals surface area contributed by atoms with E-state index in [1.165, 1.54) is 4.40 Å². The van der Waals surface area contributed by atoms with E-state index in [1.807, 2.05) is 18.2 Å². The molecule has 0 radical (unpaired) electrons. The van der Waals surface area contributed by atoms with Gasteiger partial charge in [0.05, 0.1) is 6.20 Å². The number of nitro groups is 1. The first-order chi connectivity index (χ1) is 12.2. The molecule has 4 aromatic heterocycles. The van der Waals surface area contributed by atoms with Crippen LogP contribution in [0.5, 0.6) is 0 Å². The summed E-state index contributed by atoms with van der Waals surface area (Å²) >= 11 is 0. The molecule has 0 spiro atoms. The smallest absolute Gasteiger partial charge is 0.359 e. The summed E-state index contributed by atoms with van der Waals surface area (Å²) in [5.74, 6) is 0.844. The number of nitrogens with zero attached hydrogens (tertiary/aromatic N) is 6. The summed E-state index contributed by atoms with van der Waals surface area (Å²) in [5.41, 5.74) is 1.39. The second kappa shape index (κ2) is 6.04. The van der Waals surface area contributed by atoms with E-state index in [0.29, 0.717) is 18.0 Å². The van der Waals surface area contributed by atoms with Gasteiger partial charge >= 0.3 is 5.82 Å². The summed E-state index contributed by atoms with van der Waals surface area (Å²) in [5, 5.41) is 18.5. The van der Waals surface area contributed by atoms with Crippen molar-refractivity contribution < 1.29 is 4.92 Å². The molecule has 0 amide bonds. The molecule has 4 heterocycles. The Morgan fingerprint density at radius 2 is 2.08 bits per heavy atom. The first kappa shape index (κ1) is 14.8. The lowest BCUT2D eigenvalue weighted by atomic mass is 10.3. The SMILES string of the molecule is O=[N+]([O-])c1c(NCc2ccc(-n3cccn3)nc2)nc2ccccn12. The number of hydrogen-bond donors (Lipinski definition) is 1. The number of imidazole rings is 1. The van der Waals surface area contributed by atoms with Crippen LogP contribution in [0.3, 0.4) is 0 Å². The molecule has 0 saturated heterocycles. The average Bonchev–Trinajstić information content (AvgIpc) is 3.28. The molecule has 0 aliphatic carbocycles. The molecular weight excluding hydrogens is 322 g/mol. The highest BCUT2D eigenvalue weighted by Gasteiger charge is 2.21. The zero-order chi connectivity index (χ0) is 17.2. The molecule has 0 aromatic carbocycles. The first-order valence-corrected chi connectivity index (χ1v) is 7.52. The minimum atomic E-state index is -0.443. The van der Waals surface area contributed by atoms with Crippen LogP contribution in [0, 0.1) is 10.1 Å². The summed E-state index contributed by atoms with van der Waals surface area (Å²) in [6.07, 6.45) is 6.80. The lowest BCUT2D eigenvalue weighted by Gasteiger charge is -2.05. The van der Waals surface area contributed by atoms with Crippen LogP contribution in [-0.2, 0) is 6.54 Å². The number of aromatic nitrogens is 5. The van der Waals surface area contributed by atoms with Gasteiger partial charge < -0.3 is 15.4 Å². The molecule has 25 heavy (non-hydrogen) atoms.